The summed E-state index contributed by atoms with van der Waals surface area (Å²) in [6.45, 7) is 0.199. The standard InChI is InChI=1S/C18H19N3O4/c1-25-17(23)13-7-9-15(10-8-13)20-16(22)11-12-19-18(24)21-14-5-3-2-4-6-14/h2-10H,11-12H2,1H3,(H,20,22)(H2,19,21,24). The van der Waals surface area contributed by atoms with E-state index in [1.165, 1.54) is 7.11 Å². The summed E-state index contributed by atoms with van der Waals surface area (Å²) in [7, 11) is 1.30. The molecule has 2 aromatic rings. The minimum absolute atomic E-state index is 0.126. The first-order valence-electron chi connectivity index (χ1n) is 7.66. The molecular formula is C18H19N3O4. The highest BCUT2D eigenvalue weighted by molar-refractivity contribution is 5.93. The molecular weight excluding hydrogens is 322 g/mol. The molecule has 0 saturated carbocycles. The second kappa shape index (κ2) is 9.07. The van der Waals surface area contributed by atoms with Crippen LogP contribution in [0.4, 0.5) is 16.2 Å². The van der Waals surface area contributed by atoms with Crippen molar-refractivity contribution >= 4 is 29.3 Å². The fourth-order valence-corrected chi connectivity index (χ4v) is 2.02. The van der Waals surface area contributed by atoms with E-state index in [4.69, 9.17) is 0 Å². The highest BCUT2D eigenvalue weighted by Gasteiger charge is 2.07. The molecule has 25 heavy (non-hydrogen) atoms. The second-order valence-corrected chi connectivity index (χ2v) is 5.11. The lowest BCUT2D eigenvalue weighted by atomic mass is 10.2. The molecule has 0 spiro atoms. The average molecular weight is 341 g/mol. The van der Waals surface area contributed by atoms with Gasteiger partial charge in [-0.3, -0.25) is 4.79 Å². The second-order valence-electron chi connectivity index (χ2n) is 5.11. The molecule has 3 N–H and O–H groups in total. The molecule has 130 valence electrons. The Kier molecular flexibility index (Phi) is 6.53. The molecule has 2 aromatic carbocycles. The van der Waals surface area contributed by atoms with Crippen LogP contribution in [0.2, 0.25) is 0 Å². The number of nitrogens with one attached hydrogen (secondary N) is 3. The van der Waals surface area contributed by atoms with Crippen molar-refractivity contribution in [2.75, 3.05) is 24.3 Å². The fraction of sp³-hybridized carbons (Fsp3) is 0.167. The maximum absolute atomic E-state index is 11.9. The van der Waals surface area contributed by atoms with Crippen LogP contribution in [0.25, 0.3) is 0 Å². The maximum atomic E-state index is 11.9. The molecule has 0 unspecified atom stereocenters. The van der Waals surface area contributed by atoms with Crippen LogP contribution in [0.3, 0.4) is 0 Å². The van der Waals surface area contributed by atoms with Gasteiger partial charge in [-0.1, -0.05) is 18.2 Å². The molecule has 3 amide bonds. The van der Waals surface area contributed by atoms with Crippen LogP contribution >= 0.6 is 0 Å². The number of rotatable bonds is 6. The summed E-state index contributed by atoms with van der Waals surface area (Å²) < 4.78 is 4.60. The van der Waals surface area contributed by atoms with Crippen LogP contribution in [0.1, 0.15) is 16.8 Å². The van der Waals surface area contributed by atoms with E-state index in [2.05, 4.69) is 20.7 Å². The normalized spacial score (nSPS) is 9.80. The monoisotopic (exact) mass is 341 g/mol. The lowest BCUT2D eigenvalue weighted by molar-refractivity contribution is -0.116. The van der Waals surface area contributed by atoms with Gasteiger partial charge in [-0.05, 0) is 36.4 Å². The van der Waals surface area contributed by atoms with Crippen molar-refractivity contribution < 1.29 is 19.1 Å². The summed E-state index contributed by atoms with van der Waals surface area (Å²) >= 11 is 0. The smallest absolute Gasteiger partial charge is 0.337 e. The van der Waals surface area contributed by atoms with Crippen LogP contribution in [0, 0.1) is 0 Å². The van der Waals surface area contributed by atoms with Gasteiger partial charge in [-0.2, -0.15) is 0 Å². The average Bonchev–Trinajstić information content (AvgIpc) is 2.62. The van der Waals surface area contributed by atoms with E-state index in [9.17, 15) is 14.4 Å². The lowest BCUT2D eigenvalue weighted by Gasteiger charge is -2.08. The Morgan fingerprint density at radius 1 is 0.880 bits per heavy atom. The zero-order valence-electron chi connectivity index (χ0n) is 13.7. The minimum atomic E-state index is -0.438. The SMILES string of the molecule is COC(=O)c1ccc(NC(=O)CCNC(=O)Nc2ccccc2)cc1. The molecule has 0 atom stereocenters. The number of carbonyl (C=O) groups excluding carboxylic acids is 3. The molecule has 7 nitrogen and oxygen atoms in total. The van der Waals surface area contributed by atoms with Crippen LogP contribution in [-0.2, 0) is 9.53 Å². The number of hydrogen-bond donors (Lipinski definition) is 3. The third-order valence-electron chi connectivity index (χ3n) is 3.26. The lowest BCUT2D eigenvalue weighted by Crippen LogP contribution is -2.31. The molecule has 0 radical (unpaired) electrons. The third-order valence-corrected chi connectivity index (χ3v) is 3.26. The Balaban J connectivity index is 1.71. The number of para-hydroxylation sites is 1. The van der Waals surface area contributed by atoms with Gasteiger partial charge in [0.15, 0.2) is 0 Å². The number of hydrogen-bond acceptors (Lipinski definition) is 4. The molecule has 0 aromatic heterocycles. The number of methoxy groups -OCH3 is 1. The van der Waals surface area contributed by atoms with Crippen LogP contribution in [-0.4, -0.2) is 31.6 Å². The Bertz CT molecular complexity index is 730. The molecule has 2 rings (SSSR count). The van der Waals surface area contributed by atoms with E-state index in [1.54, 1.807) is 36.4 Å². The van der Waals surface area contributed by atoms with Gasteiger partial charge in [-0.15, -0.1) is 0 Å². The number of carbonyl (C=O) groups is 3. The first-order valence-corrected chi connectivity index (χ1v) is 7.66. The van der Waals surface area contributed by atoms with E-state index in [-0.39, 0.29) is 24.9 Å². The van der Waals surface area contributed by atoms with Crippen molar-refractivity contribution in [2.45, 2.75) is 6.42 Å². The van der Waals surface area contributed by atoms with Crippen molar-refractivity contribution in [3.63, 3.8) is 0 Å². The predicted octanol–water partition coefficient (Wildman–Crippen LogP) is 2.62. The fourth-order valence-electron chi connectivity index (χ4n) is 2.02. The van der Waals surface area contributed by atoms with E-state index in [1.807, 2.05) is 18.2 Å². The Morgan fingerprint density at radius 3 is 2.16 bits per heavy atom. The first kappa shape index (κ1) is 18.0. The Morgan fingerprint density at radius 2 is 1.52 bits per heavy atom. The summed E-state index contributed by atoms with van der Waals surface area (Å²) in [5.74, 6) is -0.683. The third kappa shape index (κ3) is 5.98. The molecule has 0 fully saturated rings. The van der Waals surface area contributed by atoms with Gasteiger partial charge in [0, 0.05) is 24.3 Å². The predicted molar refractivity (Wildman–Crippen MR) is 94.5 cm³/mol. The van der Waals surface area contributed by atoms with Gasteiger partial charge < -0.3 is 20.7 Å². The molecule has 0 saturated heterocycles. The number of esters is 1. The molecule has 0 bridgehead atoms. The molecule has 0 aliphatic carbocycles. The maximum Gasteiger partial charge on any atom is 0.337 e. The number of urea groups is 1. The zero-order chi connectivity index (χ0) is 18.1. The number of ether oxygens (including phenoxy) is 1. The van der Waals surface area contributed by atoms with Gasteiger partial charge in [0.2, 0.25) is 5.91 Å². The summed E-state index contributed by atoms with van der Waals surface area (Å²) in [6, 6.07) is 15.0. The Labute approximate surface area is 145 Å². The van der Waals surface area contributed by atoms with Gasteiger partial charge in [-0.25, -0.2) is 9.59 Å². The summed E-state index contributed by atoms with van der Waals surface area (Å²) in [6.07, 6.45) is 0.126. The molecule has 0 aliphatic heterocycles. The summed E-state index contributed by atoms with van der Waals surface area (Å²) in [4.78, 5) is 34.9. The van der Waals surface area contributed by atoms with Gasteiger partial charge in [0.1, 0.15) is 0 Å². The largest absolute Gasteiger partial charge is 0.465 e. The number of anilines is 2. The topological polar surface area (TPSA) is 96.5 Å². The highest BCUT2D eigenvalue weighted by Crippen LogP contribution is 2.10. The quantitative estimate of drug-likeness (QED) is 0.704. The van der Waals surface area contributed by atoms with E-state index >= 15 is 0 Å². The van der Waals surface area contributed by atoms with E-state index in [0.29, 0.717) is 16.9 Å². The van der Waals surface area contributed by atoms with Gasteiger partial charge in [0.05, 0.1) is 12.7 Å². The Hall–Kier alpha value is -3.35. The first-order chi connectivity index (χ1) is 12.1. The minimum Gasteiger partial charge on any atom is -0.465 e. The van der Waals surface area contributed by atoms with E-state index in [0.717, 1.165) is 0 Å². The van der Waals surface area contributed by atoms with Crippen molar-refractivity contribution in [2.24, 2.45) is 0 Å². The summed E-state index contributed by atoms with van der Waals surface area (Å²) in [5.41, 5.74) is 1.64. The van der Waals surface area contributed by atoms with Crippen LogP contribution in [0.5, 0.6) is 0 Å². The van der Waals surface area contributed by atoms with Crippen LogP contribution < -0.4 is 16.0 Å². The molecule has 0 aliphatic rings. The summed E-state index contributed by atoms with van der Waals surface area (Å²) in [5, 5.41) is 7.96. The van der Waals surface area contributed by atoms with Crippen molar-refractivity contribution in [3.8, 4) is 0 Å². The van der Waals surface area contributed by atoms with Gasteiger partial charge in [0.25, 0.3) is 0 Å². The number of amides is 3. The van der Waals surface area contributed by atoms with Crippen molar-refractivity contribution in [1.82, 2.24) is 5.32 Å². The zero-order valence-corrected chi connectivity index (χ0v) is 13.7. The number of benzene rings is 2. The van der Waals surface area contributed by atoms with Gasteiger partial charge >= 0.3 is 12.0 Å². The highest BCUT2D eigenvalue weighted by atomic mass is 16.5. The van der Waals surface area contributed by atoms with Crippen molar-refractivity contribution in [1.29, 1.82) is 0 Å². The van der Waals surface area contributed by atoms with Crippen molar-refractivity contribution in [3.05, 3.63) is 60.2 Å². The van der Waals surface area contributed by atoms with E-state index < -0.39 is 5.97 Å². The molecule has 7 heteroatoms. The molecule has 0 heterocycles. The van der Waals surface area contributed by atoms with Crippen LogP contribution in [0.15, 0.2) is 54.6 Å².